The van der Waals surface area contributed by atoms with Crippen LogP contribution in [0, 0.1) is 0 Å². The molecule has 0 amide bonds. The third-order valence-electron chi connectivity index (χ3n) is 2.35. The molecule has 0 atom stereocenters. The van der Waals surface area contributed by atoms with E-state index in [1.165, 1.54) is 0 Å². The van der Waals surface area contributed by atoms with Crippen molar-refractivity contribution in [2.24, 2.45) is 5.73 Å². The van der Waals surface area contributed by atoms with E-state index in [1.54, 1.807) is 18.3 Å². The van der Waals surface area contributed by atoms with Crippen LogP contribution in [0.15, 0.2) is 18.3 Å². The number of nitrogens with two attached hydrogens (primary N) is 1. The molecule has 15 heavy (non-hydrogen) atoms. The Bertz CT molecular complexity index is 349. The highest BCUT2D eigenvalue weighted by Crippen LogP contribution is 2.39. The SMILES string of the molecule is NCc1cc(OC2CC(F)(F)C2)ccn1. The number of aromatic nitrogens is 1. The molecular weight excluding hydrogens is 202 g/mol. The number of halogens is 2. The van der Waals surface area contributed by atoms with Crippen LogP contribution < -0.4 is 10.5 Å². The summed E-state index contributed by atoms with van der Waals surface area (Å²) in [5, 5.41) is 0. The molecule has 2 rings (SSSR count). The molecule has 1 aromatic heterocycles. The fourth-order valence-corrected chi connectivity index (χ4v) is 1.52. The van der Waals surface area contributed by atoms with Gasteiger partial charge in [0.15, 0.2) is 0 Å². The normalized spacial score (nSPS) is 19.7. The summed E-state index contributed by atoms with van der Waals surface area (Å²) in [6, 6.07) is 3.33. The number of hydrogen-bond donors (Lipinski definition) is 1. The maximum absolute atomic E-state index is 12.5. The predicted molar refractivity (Wildman–Crippen MR) is 50.7 cm³/mol. The average molecular weight is 214 g/mol. The highest BCUT2D eigenvalue weighted by atomic mass is 19.3. The Morgan fingerprint density at radius 3 is 2.87 bits per heavy atom. The number of hydrogen-bond acceptors (Lipinski definition) is 3. The molecule has 2 N–H and O–H groups in total. The number of ether oxygens (including phenoxy) is 1. The van der Waals surface area contributed by atoms with Crippen molar-refractivity contribution in [2.75, 3.05) is 0 Å². The van der Waals surface area contributed by atoms with Crippen LogP contribution in [0.1, 0.15) is 18.5 Å². The third kappa shape index (κ3) is 2.41. The predicted octanol–water partition coefficient (Wildman–Crippen LogP) is 1.72. The van der Waals surface area contributed by atoms with E-state index in [0.717, 1.165) is 0 Å². The summed E-state index contributed by atoms with van der Waals surface area (Å²) in [6.45, 7) is 0.317. The maximum Gasteiger partial charge on any atom is 0.255 e. The molecule has 1 aromatic rings. The Hall–Kier alpha value is -1.23. The molecule has 82 valence electrons. The lowest BCUT2D eigenvalue weighted by Gasteiger charge is -2.34. The molecule has 5 heteroatoms. The van der Waals surface area contributed by atoms with Crippen molar-refractivity contribution in [3.05, 3.63) is 24.0 Å². The van der Waals surface area contributed by atoms with E-state index in [2.05, 4.69) is 4.98 Å². The van der Waals surface area contributed by atoms with Gasteiger partial charge in [0.05, 0.1) is 5.69 Å². The van der Waals surface area contributed by atoms with Gasteiger partial charge in [-0.05, 0) is 6.07 Å². The number of nitrogens with zero attached hydrogens (tertiary/aromatic N) is 1. The van der Waals surface area contributed by atoms with Gasteiger partial charge in [-0.3, -0.25) is 4.98 Å². The third-order valence-corrected chi connectivity index (χ3v) is 2.35. The summed E-state index contributed by atoms with van der Waals surface area (Å²) in [6.07, 6.45) is 0.780. The maximum atomic E-state index is 12.5. The molecule has 0 radical (unpaired) electrons. The Kier molecular flexibility index (Phi) is 2.56. The van der Waals surface area contributed by atoms with Gasteiger partial charge in [-0.1, -0.05) is 0 Å². The molecular formula is C10H12F2N2O. The summed E-state index contributed by atoms with van der Waals surface area (Å²) in [7, 11) is 0. The largest absolute Gasteiger partial charge is 0.490 e. The highest BCUT2D eigenvalue weighted by Gasteiger charge is 2.46. The van der Waals surface area contributed by atoms with Crippen LogP contribution >= 0.6 is 0 Å². The van der Waals surface area contributed by atoms with Crippen molar-refractivity contribution >= 4 is 0 Å². The second kappa shape index (κ2) is 3.73. The standard InChI is InChI=1S/C10H12F2N2O/c11-10(12)4-9(5-10)15-8-1-2-14-7(3-8)6-13/h1-3,9H,4-6,13H2. The van der Waals surface area contributed by atoms with E-state index in [0.29, 0.717) is 18.0 Å². The van der Waals surface area contributed by atoms with Gasteiger partial charge in [-0.2, -0.15) is 0 Å². The van der Waals surface area contributed by atoms with Gasteiger partial charge in [0.2, 0.25) is 0 Å². The minimum Gasteiger partial charge on any atom is -0.490 e. The highest BCUT2D eigenvalue weighted by molar-refractivity contribution is 5.23. The minimum atomic E-state index is -2.55. The van der Waals surface area contributed by atoms with Crippen LogP contribution in [-0.4, -0.2) is 17.0 Å². The van der Waals surface area contributed by atoms with Crippen molar-refractivity contribution in [1.29, 1.82) is 0 Å². The van der Waals surface area contributed by atoms with Crippen molar-refractivity contribution < 1.29 is 13.5 Å². The van der Waals surface area contributed by atoms with Gasteiger partial charge in [0, 0.05) is 31.6 Å². The van der Waals surface area contributed by atoms with Crippen molar-refractivity contribution in [2.45, 2.75) is 31.4 Å². The summed E-state index contributed by atoms with van der Waals surface area (Å²) >= 11 is 0. The quantitative estimate of drug-likeness (QED) is 0.833. The zero-order valence-corrected chi connectivity index (χ0v) is 8.12. The molecule has 1 aliphatic carbocycles. The topological polar surface area (TPSA) is 48.1 Å². The Morgan fingerprint density at radius 2 is 2.27 bits per heavy atom. The van der Waals surface area contributed by atoms with Gasteiger partial charge in [-0.15, -0.1) is 0 Å². The fourth-order valence-electron chi connectivity index (χ4n) is 1.52. The molecule has 0 bridgehead atoms. The molecule has 0 aliphatic heterocycles. The van der Waals surface area contributed by atoms with Gasteiger partial charge in [0.25, 0.3) is 5.92 Å². The van der Waals surface area contributed by atoms with E-state index in [-0.39, 0.29) is 18.9 Å². The Morgan fingerprint density at radius 1 is 1.53 bits per heavy atom. The van der Waals surface area contributed by atoms with Gasteiger partial charge in [0.1, 0.15) is 11.9 Å². The van der Waals surface area contributed by atoms with E-state index in [1.807, 2.05) is 0 Å². The van der Waals surface area contributed by atoms with Gasteiger partial charge < -0.3 is 10.5 Å². The van der Waals surface area contributed by atoms with Crippen molar-refractivity contribution in [3.8, 4) is 5.75 Å². The first kappa shape index (κ1) is 10.3. The summed E-state index contributed by atoms with van der Waals surface area (Å²) < 4.78 is 30.4. The first-order valence-corrected chi connectivity index (χ1v) is 4.78. The molecule has 1 saturated carbocycles. The van der Waals surface area contributed by atoms with E-state index in [4.69, 9.17) is 10.5 Å². The number of rotatable bonds is 3. The van der Waals surface area contributed by atoms with Gasteiger partial charge >= 0.3 is 0 Å². The molecule has 3 nitrogen and oxygen atoms in total. The van der Waals surface area contributed by atoms with E-state index < -0.39 is 5.92 Å². The molecule has 0 aromatic carbocycles. The van der Waals surface area contributed by atoms with Crippen LogP contribution in [0.25, 0.3) is 0 Å². The van der Waals surface area contributed by atoms with Gasteiger partial charge in [-0.25, -0.2) is 8.78 Å². The lowest BCUT2D eigenvalue weighted by atomic mass is 9.91. The van der Waals surface area contributed by atoms with Crippen molar-refractivity contribution in [1.82, 2.24) is 4.98 Å². The number of pyridine rings is 1. The second-order valence-corrected chi connectivity index (χ2v) is 3.69. The molecule has 1 fully saturated rings. The average Bonchev–Trinajstić information content (AvgIpc) is 2.15. The lowest BCUT2D eigenvalue weighted by Crippen LogP contribution is -2.43. The van der Waals surface area contributed by atoms with E-state index >= 15 is 0 Å². The van der Waals surface area contributed by atoms with Crippen LogP contribution in [0.3, 0.4) is 0 Å². The second-order valence-electron chi connectivity index (χ2n) is 3.69. The smallest absolute Gasteiger partial charge is 0.255 e. The first-order chi connectivity index (χ1) is 7.09. The molecule has 1 heterocycles. The summed E-state index contributed by atoms with van der Waals surface area (Å²) in [5.74, 6) is -1.99. The molecule has 1 aliphatic rings. The molecule has 0 saturated heterocycles. The van der Waals surface area contributed by atoms with Crippen LogP contribution in [-0.2, 0) is 6.54 Å². The number of alkyl halides is 2. The fraction of sp³-hybridized carbons (Fsp3) is 0.500. The first-order valence-electron chi connectivity index (χ1n) is 4.78. The lowest BCUT2D eigenvalue weighted by molar-refractivity contribution is -0.134. The van der Waals surface area contributed by atoms with E-state index in [9.17, 15) is 8.78 Å². The summed E-state index contributed by atoms with van der Waals surface area (Å²) in [5.41, 5.74) is 6.09. The van der Waals surface area contributed by atoms with Crippen LogP contribution in [0.5, 0.6) is 5.75 Å². The monoisotopic (exact) mass is 214 g/mol. The Labute approximate surface area is 86.3 Å². The minimum absolute atomic E-state index is 0.201. The zero-order valence-electron chi connectivity index (χ0n) is 8.12. The summed E-state index contributed by atoms with van der Waals surface area (Å²) in [4.78, 5) is 3.98. The van der Waals surface area contributed by atoms with Crippen LogP contribution in [0.2, 0.25) is 0 Å². The van der Waals surface area contributed by atoms with Crippen LogP contribution in [0.4, 0.5) is 8.78 Å². The Balaban J connectivity index is 1.94. The molecule has 0 unspecified atom stereocenters. The zero-order chi connectivity index (χ0) is 10.9. The molecule has 0 spiro atoms. The van der Waals surface area contributed by atoms with Crippen molar-refractivity contribution in [3.63, 3.8) is 0 Å².